The highest BCUT2D eigenvalue weighted by Crippen LogP contribution is 2.33. The monoisotopic (exact) mass is 282 g/mol. The second kappa shape index (κ2) is 4.93. The number of hydrogen-bond acceptors (Lipinski definition) is 3. The number of pyridine rings is 1. The van der Waals surface area contributed by atoms with Crippen LogP contribution in [0.3, 0.4) is 0 Å². The van der Waals surface area contributed by atoms with Crippen LogP contribution >= 0.6 is 11.6 Å². The van der Waals surface area contributed by atoms with Crippen LogP contribution in [0.15, 0.2) is 12.1 Å². The van der Waals surface area contributed by atoms with Crippen molar-refractivity contribution >= 4 is 17.4 Å². The third kappa shape index (κ3) is 3.26. The Morgan fingerprint density at radius 2 is 1.89 bits per heavy atom. The van der Waals surface area contributed by atoms with E-state index in [0.717, 1.165) is 12.1 Å². The van der Waals surface area contributed by atoms with E-state index in [2.05, 4.69) is 4.98 Å². The maximum absolute atomic E-state index is 12.6. The number of nitrogens with zero attached hydrogens (tertiary/aromatic N) is 2. The van der Waals surface area contributed by atoms with Crippen molar-refractivity contribution in [2.75, 3.05) is 18.6 Å². The van der Waals surface area contributed by atoms with Gasteiger partial charge in [-0.1, -0.05) is 11.6 Å². The molecule has 0 aliphatic rings. The van der Waals surface area contributed by atoms with Gasteiger partial charge in [0.1, 0.15) is 11.0 Å². The summed E-state index contributed by atoms with van der Waals surface area (Å²) in [6.07, 6.45) is -4.48. The molecule has 0 fully saturated rings. The maximum atomic E-state index is 12.6. The van der Waals surface area contributed by atoms with Crippen LogP contribution < -0.4 is 4.90 Å². The van der Waals surface area contributed by atoms with E-state index in [1.807, 2.05) is 0 Å². The molecule has 0 aliphatic heterocycles. The van der Waals surface area contributed by atoms with Gasteiger partial charge in [-0.25, -0.2) is 4.98 Å². The lowest BCUT2D eigenvalue weighted by atomic mass is 10.1. The topological polar surface area (TPSA) is 36.4 Å². The van der Waals surface area contributed by atoms with Crippen LogP contribution in [0, 0.1) is 0 Å². The summed E-state index contributed by atoms with van der Waals surface area (Å²) in [5, 5.41) is 8.96. The molecule has 1 heterocycles. The first-order valence-electron chi connectivity index (χ1n) is 5.17. The van der Waals surface area contributed by atoms with E-state index in [0.29, 0.717) is 0 Å². The molecule has 0 amide bonds. The van der Waals surface area contributed by atoms with Crippen molar-refractivity contribution in [1.29, 1.82) is 0 Å². The lowest BCUT2D eigenvalue weighted by Gasteiger charge is -2.35. The Labute approximate surface area is 108 Å². The molecular weight excluding hydrogens is 269 g/mol. The van der Waals surface area contributed by atoms with Gasteiger partial charge in [-0.05, 0) is 26.0 Å². The smallest absolute Gasteiger partial charge is 0.394 e. The molecule has 7 heteroatoms. The number of anilines is 1. The molecule has 0 aromatic carbocycles. The predicted molar refractivity (Wildman–Crippen MR) is 63.8 cm³/mol. The molecule has 18 heavy (non-hydrogen) atoms. The van der Waals surface area contributed by atoms with Crippen molar-refractivity contribution in [3.63, 3.8) is 0 Å². The molecule has 1 N–H and O–H groups in total. The van der Waals surface area contributed by atoms with E-state index in [-0.39, 0.29) is 17.6 Å². The molecule has 0 saturated heterocycles. The molecule has 0 unspecified atom stereocenters. The van der Waals surface area contributed by atoms with Crippen LogP contribution in [-0.4, -0.2) is 29.3 Å². The summed E-state index contributed by atoms with van der Waals surface area (Å²) in [6.45, 7) is 3.14. The van der Waals surface area contributed by atoms with E-state index < -0.39 is 17.3 Å². The lowest BCUT2D eigenvalue weighted by molar-refractivity contribution is -0.137. The molecule has 1 aromatic rings. The van der Waals surface area contributed by atoms with Gasteiger partial charge < -0.3 is 10.0 Å². The highest BCUT2D eigenvalue weighted by Gasteiger charge is 2.33. The Morgan fingerprint density at radius 3 is 2.33 bits per heavy atom. The lowest BCUT2D eigenvalue weighted by Crippen LogP contribution is -2.44. The van der Waals surface area contributed by atoms with Gasteiger partial charge in [0.15, 0.2) is 0 Å². The number of aliphatic hydroxyl groups excluding tert-OH is 1. The van der Waals surface area contributed by atoms with Gasteiger partial charge in [0.05, 0.1) is 17.7 Å². The summed E-state index contributed by atoms with van der Waals surface area (Å²) in [5.41, 5.74) is -1.60. The fraction of sp³-hybridized carbons (Fsp3) is 0.545. The molecule has 0 saturated carbocycles. The molecule has 1 aromatic heterocycles. The summed E-state index contributed by atoms with van der Waals surface area (Å²) < 4.78 is 37.9. The number of aliphatic hydroxyl groups is 1. The largest absolute Gasteiger partial charge is 0.416 e. The molecule has 102 valence electrons. The van der Waals surface area contributed by atoms with Crippen LogP contribution in [0.25, 0.3) is 0 Å². The fourth-order valence-electron chi connectivity index (χ4n) is 1.23. The molecule has 0 aliphatic carbocycles. The minimum absolute atomic E-state index is 0.0638. The Balaban J connectivity index is 3.23. The highest BCUT2D eigenvalue weighted by atomic mass is 35.5. The molecule has 0 atom stereocenters. The van der Waals surface area contributed by atoms with Crippen LogP contribution in [-0.2, 0) is 6.18 Å². The predicted octanol–water partition coefficient (Wildman–Crippen LogP) is 2.96. The number of aromatic nitrogens is 1. The summed E-state index contributed by atoms with van der Waals surface area (Å²) in [4.78, 5) is 5.29. The van der Waals surface area contributed by atoms with E-state index in [1.165, 1.54) is 4.90 Å². The first-order chi connectivity index (χ1) is 8.08. The van der Waals surface area contributed by atoms with Gasteiger partial charge in [-0.2, -0.15) is 13.2 Å². The van der Waals surface area contributed by atoms with E-state index in [9.17, 15) is 18.3 Å². The summed E-state index contributed by atoms with van der Waals surface area (Å²) in [5.74, 6) is 0.0638. The number of likely N-dealkylation sites (N-methyl/N-ethyl adjacent to an activating group) is 1. The van der Waals surface area contributed by atoms with Gasteiger partial charge >= 0.3 is 6.18 Å². The number of halogens is 4. The Bertz CT molecular complexity index is 435. The number of alkyl halides is 3. The minimum atomic E-state index is -4.48. The van der Waals surface area contributed by atoms with E-state index >= 15 is 0 Å². The van der Waals surface area contributed by atoms with Crippen molar-refractivity contribution in [3.8, 4) is 0 Å². The van der Waals surface area contributed by atoms with Crippen LogP contribution in [0.2, 0.25) is 5.15 Å². The average Bonchev–Trinajstić information content (AvgIpc) is 2.26. The average molecular weight is 283 g/mol. The zero-order chi connectivity index (χ0) is 14.1. The van der Waals surface area contributed by atoms with E-state index in [4.69, 9.17) is 11.6 Å². The van der Waals surface area contributed by atoms with Crippen molar-refractivity contribution in [2.24, 2.45) is 0 Å². The van der Waals surface area contributed by atoms with Gasteiger partial charge in [-0.15, -0.1) is 0 Å². The van der Waals surface area contributed by atoms with E-state index in [1.54, 1.807) is 20.9 Å². The maximum Gasteiger partial charge on any atom is 0.416 e. The van der Waals surface area contributed by atoms with Crippen molar-refractivity contribution in [2.45, 2.75) is 25.6 Å². The summed E-state index contributed by atoms with van der Waals surface area (Å²) >= 11 is 5.59. The summed E-state index contributed by atoms with van der Waals surface area (Å²) in [6, 6.07) is 1.67. The quantitative estimate of drug-likeness (QED) is 0.866. The first kappa shape index (κ1) is 15.0. The molecule has 0 spiro atoms. The highest BCUT2D eigenvalue weighted by molar-refractivity contribution is 6.29. The zero-order valence-electron chi connectivity index (χ0n) is 10.2. The Hall–Kier alpha value is -1.01. The van der Waals surface area contributed by atoms with Gasteiger partial charge in [-0.3, -0.25) is 0 Å². The fourth-order valence-corrected chi connectivity index (χ4v) is 1.44. The third-order valence-electron chi connectivity index (χ3n) is 2.75. The minimum Gasteiger partial charge on any atom is -0.394 e. The second-order valence-electron chi connectivity index (χ2n) is 4.56. The van der Waals surface area contributed by atoms with Gasteiger partial charge in [0.2, 0.25) is 0 Å². The Kier molecular flexibility index (Phi) is 4.12. The molecule has 1 rings (SSSR count). The van der Waals surface area contributed by atoms with Crippen LogP contribution in [0.1, 0.15) is 19.4 Å². The van der Waals surface area contributed by atoms with Gasteiger partial charge in [0.25, 0.3) is 0 Å². The zero-order valence-corrected chi connectivity index (χ0v) is 11.0. The molecule has 3 nitrogen and oxygen atoms in total. The van der Waals surface area contributed by atoms with Crippen LogP contribution in [0.5, 0.6) is 0 Å². The first-order valence-corrected chi connectivity index (χ1v) is 5.55. The summed E-state index contributed by atoms with van der Waals surface area (Å²) in [7, 11) is 1.55. The number of rotatable bonds is 3. The molecular formula is C11H14ClF3N2O. The second-order valence-corrected chi connectivity index (χ2v) is 4.95. The molecule has 0 radical (unpaired) electrons. The molecule has 0 bridgehead atoms. The van der Waals surface area contributed by atoms with Crippen molar-refractivity contribution in [1.82, 2.24) is 4.98 Å². The Morgan fingerprint density at radius 1 is 1.33 bits per heavy atom. The van der Waals surface area contributed by atoms with Crippen LogP contribution in [0.4, 0.5) is 19.0 Å². The van der Waals surface area contributed by atoms with Crippen molar-refractivity contribution < 1.29 is 18.3 Å². The van der Waals surface area contributed by atoms with Gasteiger partial charge in [0, 0.05) is 7.05 Å². The number of hydrogen-bond donors (Lipinski definition) is 1. The normalized spacial score (nSPS) is 12.7. The van der Waals surface area contributed by atoms with Crippen molar-refractivity contribution in [3.05, 3.63) is 22.8 Å². The standard InChI is InChI=1S/C11H14ClF3N2O/c1-10(2,6-18)17(3)9-5-7(11(13,14)15)4-8(12)16-9/h4-5,18H,6H2,1-3H3. The SMILES string of the molecule is CN(c1cc(C(F)(F)F)cc(Cl)n1)C(C)(C)CO. The third-order valence-corrected chi connectivity index (χ3v) is 2.94.